The number of benzene rings is 1. The maximum atomic E-state index is 13.4. The quantitative estimate of drug-likeness (QED) is 0.581. The minimum absolute atomic E-state index is 0.115. The minimum atomic E-state index is -4.56. The molecular formula is C22H27F4N3O3. The van der Waals surface area contributed by atoms with Crippen LogP contribution in [0, 0.1) is 11.7 Å². The number of nitrogens with zero attached hydrogens (tertiary/aromatic N) is 3. The molecule has 0 aliphatic carbocycles. The number of hydrogen-bond acceptors (Lipinski definition) is 4. The zero-order chi connectivity index (χ0) is 23.7. The standard InChI is InChI=1S/C22H27F4N3O3/c1-21(2,3)32-20(30)29-11-9-15(10-12-29)19(14-5-7-16(23)8-6-14)31-18-13-17(22(24,25)26)28(4)27-18/h5-8,13,15,19H,9-12H2,1-4H3. The van der Waals surface area contributed by atoms with Gasteiger partial charge in [0.2, 0.25) is 5.88 Å². The van der Waals surface area contributed by atoms with E-state index in [9.17, 15) is 22.4 Å². The number of ether oxygens (including phenoxy) is 2. The van der Waals surface area contributed by atoms with Crippen molar-refractivity contribution in [2.24, 2.45) is 13.0 Å². The van der Waals surface area contributed by atoms with E-state index in [2.05, 4.69) is 5.10 Å². The molecule has 1 atom stereocenters. The van der Waals surface area contributed by atoms with Crippen LogP contribution in [0.15, 0.2) is 30.3 Å². The predicted octanol–water partition coefficient (Wildman–Crippen LogP) is 5.35. The molecular weight excluding hydrogens is 430 g/mol. The number of alkyl halides is 3. The number of halogens is 4. The average Bonchev–Trinajstić information content (AvgIpc) is 3.06. The van der Waals surface area contributed by atoms with Gasteiger partial charge in [0.1, 0.15) is 23.2 Å². The molecule has 1 unspecified atom stereocenters. The third kappa shape index (κ3) is 5.92. The first-order chi connectivity index (χ1) is 14.8. The van der Waals surface area contributed by atoms with Crippen LogP contribution in [-0.4, -0.2) is 39.5 Å². The number of carbonyl (C=O) groups is 1. The Morgan fingerprint density at radius 3 is 2.22 bits per heavy atom. The molecule has 2 aromatic rings. The van der Waals surface area contributed by atoms with E-state index in [1.54, 1.807) is 37.8 Å². The molecule has 0 spiro atoms. The van der Waals surface area contributed by atoms with Crippen LogP contribution in [0.25, 0.3) is 0 Å². The van der Waals surface area contributed by atoms with Gasteiger partial charge in [-0.1, -0.05) is 12.1 Å². The van der Waals surface area contributed by atoms with Gasteiger partial charge in [-0.3, -0.25) is 4.68 Å². The molecule has 32 heavy (non-hydrogen) atoms. The summed E-state index contributed by atoms with van der Waals surface area (Å²) < 4.78 is 65.0. The molecule has 1 aromatic heterocycles. The molecule has 1 aliphatic rings. The highest BCUT2D eigenvalue weighted by Crippen LogP contribution is 2.37. The maximum Gasteiger partial charge on any atom is 0.433 e. The Morgan fingerprint density at radius 1 is 1.12 bits per heavy atom. The molecule has 176 valence electrons. The van der Waals surface area contributed by atoms with Crippen LogP contribution in [0.3, 0.4) is 0 Å². The second-order valence-electron chi connectivity index (χ2n) is 8.88. The van der Waals surface area contributed by atoms with E-state index in [1.807, 2.05) is 0 Å². The Hall–Kier alpha value is -2.78. The topological polar surface area (TPSA) is 56.6 Å². The molecule has 0 saturated carbocycles. The molecule has 0 bridgehead atoms. The summed E-state index contributed by atoms with van der Waals surface area (Å²) in [7, 11) is 1.20. The fourth-order valence-corrected chi connectivity index (χ4v) is 3.69. The first kappa shape index (κ1) is 23.9. The SMILES string of the molecule is Cn1nc(OC(c2ccc(F)cc2)C2CCN(C(=O)OC(C)(C)C)CC2)cc1C(F)(F)F. The van der Waals surface area contributed by atoms with Crippen molar-refractivity contribution < 1.29 is 31.8 Å². The zero-order valence-electron chi connectivity index (χ0n) is 18.4. The van der Waals surface area contributed by atoms with E-state index in [1.165, 1.54) is 19.2 Å². The molecule has 3 rings (SSSR count). The van der Waals surface area contributed by atoms with Gasteiger partial charge in [0, 0.05) is 32.1 Å². The number of aryl methyl sites for hydroxylation is 1. The summed E-state index contributed by atoms with van der Waals surface area (Å²) in [4.78, 5) is 13.9. The average molecular weight is 457 g/mol. The van der Waals surface area contributed by atoms with Crippen molar-refractivity contribution in [3.63, 3.8) is 0 Å². The Labute approximate surface area is 184 Å². The van der Waals surface area contributed by atoms with Crippen molar-refractivity contribution >= 4 is 6.09 Å². The van der Waals surface area contributed by atoms with Crippen LogP contribution in [0.5, 0.6) is 5.88 Å². The van der Waals surface area contributed by atoms with Gasteiger partial charge in [-0.15, -0.1) is 5.10 Å². The van der Waals surface area contributed by atoms with Gasteiger partial charge in [0.05, 0.1) is 0 Å². The fourth-order valence-electron chi connectivity index (χ4n) is 3.69. The third-order valence-electron chi connectivity index (χ3n) is 5.21. The molecule has 2 heterocycles. The number of aromatic nitrogens is 2. The monoisotopic (exact) mass is 457 g/mol. The number of amides is 1. The molecule has 1 amide bonds. The van der Waals surface area contributed by atoms with Crippen molar-refractivity contribution in [3.8, 4) is 5.88 Å². The summed E-state index contributed by atoms with van der Waals surface area (Å²) in [6.07, 6.45) is -4.53. The van der Waals surface area contributed by atoms with Crippen molar-refractivity contribution in [1.29, 1.82) is 0 Å². The maximum absolute atomic E-state index is 13.4. The van der Waals surface area contributed by atoms with E-state index in [-0.39, 0.29) is 11.8 Å². The van der Waals surface area contributed by atoms with E-state index in [4.69, 9.17) is 9.47 Å². The van der Waals surface area contributed by atoms with Gasteiger partial charge in [0.25, 0.3) is 0 Å². The number of likely N-dealkylation sites (tertiary alicyclic amines) is 1. The van der Waals surface area contributed by atoms with Gasteiger partial charge in [-0.2, -0.15) is 13.2 Å². The van der Waals surface area contributed by atoms with Gasteiger partial charge >= 0.3 is 12.3 Å². The lowest BCUT2D eigenvalue weighted by Crippen LogP contribution is -2.43. The smallest absolute Gasteiger partial charge is 0.433 e. The van der Waals surface area contributed by atoms with E-state index in [0.717, 1.165) is 10.7 Å². The van der Waals surface area contributed by atoms with Gasteiger partial charge in [-0.05, 0) is 51.3 Å². The lowest BCUT2D eigenvalue weighted by atomic mass is 9.87. The number of carbonyl (C=O) groups excluding carboxylic acids is 1. The van der Waals surface area contributed by atoms with E-state index in [0.29, 0.717) is 31.5 Å². The Balaban J connectivity index is 1.78. The van der Waals surface area contributed by atoms with E-state index < -0.39 is 35.5 Å². The van der Waals surface area contributed by atoms with Crippen molar-refractivity contribution in [2.75, 3.05) is 13.1 Å². The summed E-state index contributed by atoms with van der Waals surface area (Å²) in [5.74, 6) is -0.705. The normalized spacial score (nSPS) is 16.7. The molecule has 1 fully saturated rings. The molecule has 1 aromatic carbocycles. The van der Waals surface area contributed by atoms with Crippen LogP contribution in [0.4, 0.5) is 22.4 Å². The van der Waals surface area contributed by atoms with Crippen LogP contribution >= 0.6 is 0 Å². The van der Waals surface area contributed by atoms with Crippen LogP contribution < -0.4 is 4.74 Å². The van der Waals surface area contributed by atoms with Gasteiger partial charge < -0.3 is 14.4 Å². The first-order valence-electron chi connectivity index (χ1n) is 10.3. The fraction of sp³-hybridized carbons (Fsp3) is 0.545. The van der Waals surface area contributed by atoms with Crippen molar-refractivity contribution in [2.45, 2.75) is 51.5 Å². The Morgan fingerprint density at radius 2 is 1.72 bits per heavy atom. The Kier molecular flexibility index (Phi) is 6.71. The highest BCUT2D eigenvalue weighted by atomic mass is 19.4. The molecule has 0 radical (unpaired) electrons. The van der Waals surface area contributed by atoms with Crippen LogP contribution in [0.1, 0.15) is 51.0 Å². The lowest BCUT2D eigenvalue weighted by molar-refractivity contribution is -0.143. The molecule has 6 nitrogen and oxygen atoms in total. The summed E-state index contributed by atoms with van der Waals surface area (Å²) in [5.41, 5.74) is -0.908. The Bertz CT molecular complexity index is 927. The van der Waals surface area contributed by atoms with Crippen LogP contribution in [0.2, 0.25) is 0 Å². The largest absolute Gasteiger partial charge is 0.468 e. The second kappa shape index (κ2) is 8.99. The van der Waals surface area contributed by atoms with E-state index >= 15 is 0 Å². The highest BCUT2D eigenvalue weighted by Gasteiger charge is 2.37. The third-order valence-corrected chi connectivity index (χ3v) is 5.21. The van der Waals surface area contributed by atoms with Gasteiger partial charge in [0.15, 0.2) is 0 Å². The summed E-state index contributed by atoms with van der Waals surface area (Å²) >= 11 is 0. The zero-order valence-corrected chi connectivity index (χ0v) is 18.4. The number of hydrogen-bond donors (Lipinski definition) is 0. The molecule has 0 N–H and O–H groups in total. The lowest BCUT2D eigenvalue weighted by Gasteiger charge is -2.36. The summed E-state index contributed by atoms with van der Waals surface area (Å²) in [5, 5.41) is 3.85. The predicted molar refractivity (Wildman–Crippen MR) is 109 cm³/mol. The summed E-state index contributed by atoms with van der Waals surface area (Å²) in [6.45, 7) is 6.20. The number of rotatable bonds is 4. The molecule has 1 aliphatic heterocycles. The van der Waals surface area contributed by atoms with Gasteiger partial charge in [-0.25, -0.2) is 9.18 Å². The minimum Gasteiger partial charge on any atom is -0.468 e. The van der Waals surface area contributed by atoms with Crippen LogP contribution in [-0.2, 0) is 18.0 Å². The molecule has 10 heteroatoms. The summed E-state index contributed by atoms with van der Waals surface area (Å²) in [6, 6.07) is 6.51. The molecule has 1 saturated heterocycles. The second-order valence-corrected chi connectivity index (χ2v) is 8.88. The highest BCUT2D eigenvalue weighted by molar-refractivity contribution is 5.68. The first-order valence-corrected chi connectivity index (χ1v) is 10.3. The van der Waals surface area contributed by atoms with Crippen molar-refractivity contribution in [3.05, 3.63) is 47.4 Å². The van der Waals surface area contributed by atoms with Crippen molar-refractivity contribution in [1.82, 2.24) is 14.7 Å². The number of piperidine rings is 1.